The van der Waals surface area contributed by atoms with Crippen LogP contribution in [0.25, 0.3) is 0 Å². The van der Waals surface area contributed by atoms with Gasteiger partial charge in [0.15, 0.2) is 11.6 Å². The summed E-state index contributed by atoms with van der Waals surface area (Å²) in [5.74, 6) is -1.26. The Kier molecular flexibility index (Phi) is 7.64. The number of halogens is 2. The summed E-state index contributed by atoms with van der Waals surface area (Å²) in [6.07, 6.45) is 3.27. The zero-order valence-electron chi connectivity index (χ0n) is 21.2. The summed E-state index contributed by atoms with van der Waals surface area (Å²) < 4.78 is 6.29. The summed E-state index contributed by atoms with van der Waals surface area (Å²) in [4.78, 5) is 40.5. The van der Waals surface area contributed by atoms with Gasteiger partial charge in [0, 0.05) is 58.4 Å². The fourth-order valence-corrected chi connectivity index (χ4v) is 6.36. The van der Waals surface area contributed by atoms with Gasteiger partial charge in [0.05, 0.1) is 11.4 Å². The fourth-order valence-electron chi connectivity index (χ4n) is 5.79. The zero-order valence-corrected chi connectivity index (χ0v) is 22.7. The third-order valence-electron chi connectivity index (χ3n) is 7.49. The molecule has 0 spiro atoms. The first-order chi connectivity index (χ1) is 18.2. The molecule has 38 heavy (non-hydrogen) atoms. The Bertz CT molecular complexity index is 1330. The predicted molar refractivity (Wildman–Crippen MR) is 145 cm³/mol. The van der Waals surface area contributed by atoms with Crippen LogP contribution in [0.3, 0.4) is 0 Å². The molecule has 0 fully saturated rings. The first-order valence-electron chi connectivity index (χ1n) is 12.9. The minimum absolute atomic E-state index is 0.0397. The number of aliphatic carboxylic acids is 1. The SMILES string of the molecule is Cc1ccc(COc2c(Cl)cc(Cl)cc2C2C3=C(CCCC3=O)N(CCC(=O)O)C3=C2C(=O)CCC3)cc1. The number of carboxylic acids is 1. The van der Waals surface area contributed by atoms with Crippen molar-refractivity contribution in [3.05, 3.63) is 85.7 Å². The highest BCUT2D eigenvalue weighted by atomic mass is 35.5. The van der Waals surface area contributed by atoms with E-state index in [9.17, 15) is 19.5 Å². The molecule has 1 heterocycles. The minimum atomic E-state index is -0.922. The Morgan fingerprint density at radius 1 is 0.974 bits per heavy atom. The highest BCUT2D eigenvalue weighted by Gasteiger charge is 2.44. The lowest BCUT2D eigenvalue weighted by Gasteiger charge is -2.44. The number of nitrogens with zero attached hydrogens (tertiary/aromatic N) is 1. The molecule has 5 rings (SSSR count). The van der Waals surface area contributed by atoms with Crippen LogP contribution < -0.4 is 4.74 Å². The van der Waals surface area contributed by atoms with Crippen molar-refractivity contribution in [2.75, 3.05) is 6.54 Å². The first kappa shape index (κ1) is 26.5. The highest BCUT2D eigenvalue weighted by Crippen LogP contribution is 2.52. The number of hydrogen-bond acceptors (Lipinski definition) is 5. The average molecular weight is 554 g/mol. The van der Waals surface area contributed by atoms with Crippen molar-refractivity contribution >= 4 is 40.7 Å². The van der Waals surface area contributed by atoms with Gasteiger partial charge in [-0.25, -0.2) is 0 Å². The van der Waals surface area contributed by atoms with Crippen molar-refractivity contribution < 1.29 is 24.2 Å². The summed E-state index contributed by atoms with van der Waals surface area (Å²) in [7, 11) is 0. The summed E-state index contributed by atoms with van der Waals surface area (Å²) in [6.45, 7) is 2.49. The number of ketones is 2. The number of benzene rings is 2. The standard InChI is InChI=1S/C30H29Cl2NO5/c1-17-8-10-18(11-9-17)16-38-30-20(14-19(31)15-21(30)32)27-28-22(4-2-6-24(28)34)33(13-12-26(36)37)23-5-3-7-25(35)29(23)27/h8-11,14-15,27H,2-7,12-13,16H2,1H3,(H,36,37). The molecule has 0 radical (unpaired) electrons. The third kappa shape index (κ3) is 5.12. The monoisotopic (exact) mass is 553 g/mol. The van der Waals surface area contributed by atoms with Gasteiger partial charge >= 0.3 is 5.97 Å². The molecule has 0 aromatic heterocycles. The number of aryl methyl sites for hydroxylation is 1. The second kappa shape index (κ2) is 11.0. The van der Waals surface area contributed by atoms with E-state index >= 15 is 0 Å². The first-order valence-corrected chi connectivity index (χ1v) is 13.7. The van der Waals surface area contributed by atoms with Gasteiger partial charge in [-0.15, -0.1) is 0 Å². The minimum Gasteiger partial charge on any atom is -0.487 e. The third-order valence-corrected chi connectivity index (χ3v) is 7.99. The lowest BCUT2D eigenvalue weighted by molar-refractivity contribution is -0.137. The van der Waals surface area contributed by atoms with E-state index < -0.39 is 11.9 Å². The number of allylic oxidation sites excluding steroid dienone is 4. The van der Waals surface area contributed by atoms with E-state index in [2.05, 4.69) is 0 Å². The van der Waals surface area contributed by atoms with Gasteiger partial charge in [0.2, 0.25) is 0 Å². The normalized spacial score (nSPS) is 18.0. The van der Waals surface area contributed by atoms with E-state index in [1.807, 2.05) is 36.1 Å². The molecular weight excluding hydrogens is 525 g/mol. The molecule has 3 aliphatic rings. The predicted octanol–water partition coefficient (Wildman–Crippen LogP) is 6.77. The molecule has 0 bridgehead atoms. The van der Waals surface area contributed by atoms with Gasteiger partial charge in [-0.1, -0.05) is 53.0 Å². The van der Waals surface area contributed by atoms with E-state index in [0.29, 0.717) is 71.0 Å². The number of Topliss-reactive ketones (excluding diaryl/α,β-unsaturated/α-hetero) is 2. The number of hydrogen-bond donors (Lipinski definition) is 1. The molecule has 6 nitrogen and oxygen atoms in total. The van der Waals surface area contributed by atoms with Gasteiger partial charge in [-0.3, -0.25) is 14.4 Å². The Balaban J connectivity index is 1.66. The van der Waals surface area contributed by atoms with Crippen LogP contribution >= 0.6 is 23.2 Å². The molecule has 1 N–H and O–H groups in total. The molecule has 0 unspecified atom stereocenters. The van der Waals surface area contributed by atoms with Gasteiger partial charge in [0.1, 0.15) is 12.4 Å². The van der Waals surface area contributed by atoms with Gasteiger partial charge < -0.3 is 14.7 Å². The van der Waals surface area contributed by atoms with Gasteiger partial charge in [-0.2, -0.15) is 0 Å². The second-order valence-electron chi connectivity index (χ2n) is 10.1. The van der Waals surface area contributed by atoms with Crippen molar-refractivity contribution in [1.29, 1.82) is 0 Å². The maximum Gasteiger partial charge on any atom is 0.305 e. The Morgan fingerprint density at radius 3 is 2.16 bits per heavy atom. The largest absolute Gasteiger partial charge is 0.487 e. The topological polar surface area (TPSA) is 83.9 Å². The van der Waals surface area contributed by atoms with Crippen LogP contribution in [0.4, 0.5) is 0 Å². The Labute approximate surface area is 231 Å². The van der Waals surface area contributed by atoms with Crippen molar-refractivity contribution in [2.24, 2.45) is 0 Å². The molecule has 0 saturated heterocycles. The molecule has 0 amide bonds. The zero-order chi connectivity index (χ0) is 27.0. The Hall–Kier alpha value is -3.09. The lowest BCUT2D eigenvalue weighted by atomic mass is 9.70. The smallest absolute Gasteiger partial charge is 0.305 e. The van der Waals surface area contributed by atoms with Gasteiger partial charge in [0.25, 0.3) is 0 Å². The quantitative estimate of drug-likeness (QED) is 0.407. The summed E-state index contributed by atoms with van der Waals surface area (Å²) in [5, 5.41) is 10.1. The van der Waals surface area contributed by atoms with Crippen LogP contribution in [0, 0.1) is 6.92 Å². The van der Waals surface area contributed by atoms with E-state index in [-0.39, 0.29) is 31.1 Å². The maximum absolute atomic E-state index is 13.5. The van der Waals surface area contributed by atoms with Crippen molar-refractivity contribution in [3.8, 4) is 5.75 Å². The van der Waals surface area contributed by atoms with Crippen molar-refractivity contribution in [3.63, 3.8) is 0 Å². The number of carbonyl (C=O) groups excluding carboxylic acids is 2. The van der Waals surface area contributed by atoms with Crippen LogP contribution in [0.15, 0.2) is 58.9 Å². The van der Waals surface area contributed by atoms with Crippen LogP contribution in [0.5, 0.6) is 5.75 Å². The van der Waals surface area contributed by atoms with Crippen LogP contribution in [0.1, 0.15) is 67.6 Å². The summed E-state index contributed by atoms with van der Waals surface area (Å²) in [5.41, 5.74) is 5.38. The molecular formula is C30H29Cl2NO5. The Morgan fingerprint density at radius 2 is 1.58 bits per heavy atom. The number of rotatable bonds is 7. The van der Waals surface area contributed by atoms with Gasteiger partial charge in [-0.05, 0) is 50.3 Å². The molecule has 198 valence electrons. The lowest BCUT2D eigenvalue weighted by Crippen LogP contribution is -2.40. The van der Waals surface area contributed by atoms with Crippen LogP contribution in [-0.2, 0) is 21.0 Å². The highest BCUT2D eigenvalue weighted by molar-refractivity contribution is 6.35. The molecule has 0 atom stereocenters. The van der Waals surface area contributed by atoms with Crippen molar-refractivity contribution in [1.82, 2.24) is 4.90 Å². The van der Waals surface area contributed by atoms with Crippen molar-refractivity contribution in [2.45, 2.75) is 64.4 Å². The van der Waals surface area contributed by atoms with Crippen LogP contribution in [0.2, 0.25) is 10.0 Å². The van der Waals surface area contributed by atoms with E-state index in [4.69, 9.17) is 27.9 Å². The molecule has 2 aliphatic carbocycles. The number of ether oxygens (including phenoxy) is 1. The molecule has 2 aromatic carbocycles. The fraction of sp³-hybridized carbons (Fsp3) is 0.367. The van der Waals surface area contributed by atoms with E-state index in [1.54, 1.807) is 12.1 Å². The average Bonchev–Trinajstić information content (AvgIpc) is 2.87. The van der Waals surface area contributed by atoms with Crippen LogP contribution in [-0.4, -0.2) is 34.1 Å². The van der Waals surface area contributed by atoms with E-state index in [1.165, 1.54) is 0 Å². The molecule has 1 aliphatic heterocycles. The number of carbonyl (C=O) groups is 3. The molecule has 2 aromatic rings. The molecule has 8 heteroatoms. The maximum atomic E-state index is 13.5. The molecule has 0 saturated carbocycles. The number of carboxylic acid groups (broad SMARTS) is 1. The second-order valence-corrected chi connectivity index (χ2v) is 10.9. The summed E-state index contributed by atoms with van der Waals surface area (Å²) in [6, 6.07) is 11.3. The van der Waals surface area contributed by atoms with E-state index in [0.717, 1.165) is 22.5 Å². The summed E-state index contributed by atoms with van der Waals surface area (Å²) >= 11 is 13.2.